The summed E-state index contributed by atoms with van der Waals surface area (Å²) in [6, 6.07) is 14.9. The fourth-order valence-corrected chi connectivity index (χ4v) is 5.33. The van der Waals surface area contributed by atoms with Gasteiger partial charge >= 0.3 is 6.03 Å². The Balaban J connectivity index is 1.44. The Morgan fingerprint density at radius 3 is 2.64 bits per heavy atom. The van der Waals surface area contributed by atoms with Gasteiger partial charge in [0.1, 0.15) is 17.8 Å². The summed E-state index contributed by atoms with van der Waals surface area (Å²) in [4.78, 5) is 42.9. The molecule has 2 aromatic rings. The summed E-state index contributed by atoms with van der Waals surface area (Å²) < 4.78 is 5.18. The monoisotopic (exact) mass is 467 g/mol. The van der Waals surface area contributed by atoms with Crippen molar-refractivity contribution in [2.24, 2.45) is 0 Å². The predicted molar refractivity (Wildman–Crippen MR) is 129 cm³/mol. The lowest BCUT2D eigenvalue weighted by atomic mass is 9.93. The van der Waals surface area contributed by atoms with Gasteiger partial charge in [0.15, 0.2) is 0 Å². The van der Waals surface area contributed by atoms with Gasteiger partial charge in [-0.3, -0.25) is 14.5 Å². The van der Waals surface area contributed by atoms with Crippen molar-refractivity contribution in [3.63, 3.8) is 0 Å². The van der Waals surface area contributed by atoms with Crippen molar-refractivity contribution in [3.8, 4) is 5.75 Å². The van der Waals surface area contributed by atoms with Crippen LogP contribution in [0, 0.1) is 0 Å². The van der Waals surface area contributed by atoms with Crippen LogP contribution in [0.25, 0.3) is 0 Å². The van der Waals surface area contributed by atoms with E-state index in [0.717, 1.165) is 33.2 Å². The molecular formula is C25H29N3O4S. The molecule has 0 radical (unpaired) electrons. The number of imide groups is 1. The number of nitrogens with one attached hydrogen (secondary N) is 1. The van der Waals surface area contributed by atoms with E-state index >= 15 is 0 Å². The Morgan fingerprint density at radius 1 is 1.18 bits per heavy atom. The number of hydrogen-bond acceptors (Lipinski definition) is 5. The third-order valence-electron chi connectivity index (χ3n) is 6.26. The molecule has 0 saturated carbocycles. The molecule has 2 aromatic carbocycles. The molecule has 1 N–H and O–H groups in total. The highest BCUT2D eigenvalue weighted by atomic mass is 32.2. The number of thioether (sulfide) groups is 1. The van der Waals surface area contributed by atoms with Crippen LogP contribution in [0.3, 0.4) is 0 Å². The molecule has 0 aromatic heterocycles. The van der Waals surface area contributed by atoms with Crippen molar-refractivity contribution in [2.75, 3.05) is 25.1 Å². The summed E-state index contributed by atoms with van der Waals surface area (Å²) in [5.74, 6) is 0.156. The molecule has 2 atom stereocenters. The molecule has 7 nitrogen and oxygen atoms in total. The van der Waals surface area contributed by atoms with E-state index in [0.29, 0.717) is 24.6 Å². The Kier molecular flexibility index (Phi) is 6.65. The van der Waals surface area contributed by atoms with Crippen LogP contribution in [-0.4, -0.2) is 53.7 Å². The Hall–Kier alpha value is -3.00. The molecule has 0 spiro atoms. The minimum atomic E-state index is -1.04. The number of ether oxygens (including phenoxy) is 1. The summed E-state index contributed by atoms with van der Waals surface area (Å²) in [7, 11) is 1.61. The number of rotatable bonds is 6. The topological polar surface area (TPSA) is 79.0 Å². The molecule has 174 valence electrons. The molecule has 8 heteroatoms. The van der Waals surface area contributed by atoms with Gasteiger partial charge in [-0.2, -0.15) is 0 Å². The second kappa shape index (κ2) is 9.47. The van der Waals surface area contributed by atoms with Crippen molar-refractivity contribution >= 4 is 35.3 Å². The number of para-hydroxylation sites is 1. The molecule has 33 heavy (non-hydrogen) atoms. The Labute approximate surface area is 198 Å². The number of benzene rings is 2. The summed E-state index contributed by atoms with van der Waals surface area (Å²) in [6.07, 6.45) is 1.89. The molecule has 4 rings (SSSR count). The quantitative estimate of drug-likeness (QED) is 0.653. The van der Waals surface area contributed by atoms with E-state index < -0.39 is 11.6 Å². The largest absolute Gasteiger partial charge is 0.497 e. The summed E-state index contributed by atoms with van der Waals surface area (Å²) >= 11 is 1.74. The van der Waals surface area contributed by atoms with Crippen LogP contribution in [0.5, 0.6) is 5.75 Å². The van der Waals surface area contributed by atoms with Gasteiger partial charge in [0.25, 0.3) is 5.91 Å². The lowest BCUT2D eigenvalue weighted by Gasteiger charge is -2.25. The van der Waals surface area contributed by atoms with Gasteiger partial charge in [-0.15, -0.1) is 11.8 Å². The normalized spacial score (nSPS) is 22.6. The second-order valence-corrected chi connectivity index (χ2v) is 10.2. The standard InChI is InChI=1S/C25H29N3O4S/c1-17-13-15-27(20-6-4-5-7-21(20)33-17)22(29)16-28-23(30)25(2,26-24(28)31)14-12-18-8-10-19(32-3)11-9-18/h4-11,17H,12-16H2,1-3H3,(H,26,31). The van der Waals surface area contributed by atoms with Crippen LogP contribution >= 0.6 is 11.8 Å². The molecule has 1 saturated heterocycles. The van der Waals surface area contributed by atoms with Gasteiger partial charge in [-0.25, -0.2) is 4.79 Å². The van der Waals surface area contributed by atoms with Gasteiger partial charge in [0, 0.05) is 16.7 Å². The van der Waals surface area contributed by atoms with Gasteiger partial charge < -0.3 is 15.0 Å². The van der Waals surface area contributed by atoms with Gasteiger partial charge in [0.2, 0.25) is 5.91 Å². The zero-order valence-electron chi connectivity index (χ0n) is 19.2. The van der Waals surface area contributed by atoms with E-state index in [1.54, 1.807) is 30.7 Å². The first kappa shape index (κ1) is 23.2. The van der Waals surface area contributed by atoms with E-state index in [1.807, 2.05) is 48.5 Å². The number of urea groups is 1. The second-order valence-electron chi connectivity index (χ2n) is 8.73. The first-order valence-corrected chi connectivity index (χ1v) is 12.0. The molecule has 0 aliphatic carbocycles. The van der Waals surface area contributed by atoms with E-state index in [-0.39, 0.29) is 18.4 Å². The highest BCUT2D eigenvalue weighted by Gasteiger charge is 2.48. The van der Waals surface area contributed by atoms with Crippen LogP contribution in [0.1, 0.15) is 32.3 Å². The molecule has 2 unspecified atom stereocenters. The molecule has 2 heterocycles. The van der Waals surface area contributed by atoms with Crippen molar-refractivity contribution < 1.29 is 19.1 Å². The number of amides is 4. The Morgan fingerprint density at radius 2 is 1.91 bits per heavy atom. The first-order valence-electron chi connectivity index (χ1n) is 11.1. The smallest absolute Gasteiger partial charge is 0.325 e. The highest BCUT2D eigenvalue weighted by Crippen LogP contribution is 2.37. The molecule has 0 bridgehead atoms. The van der Waals surface area contributed by atoms with Gasteiger partial charge in [-0.1, -0.05) is 31.2 Å². The third kappa shape index (κ3) is 4.85. The molecule has 4 amide bonds. The number of carbonyl (C=O) groups is 3. The molecular weight excluding hydrogens is 438 g/mol. The maximum atomic E-state index is 13.2. The summed E-state index contributed by atoms with van der Waals surface area (Å²) in [5, 5.41) is 3.18. The van der Waals surface area contributed by atoms with Crippen molar-refractivity contribution in [1.82, 2.24) is 10.2 Å². The van der Waals surface area contributed by atoms with Gasteiger partial charge in [-0.05, 0) is 56.0 Å². The minimum absolute atomic E-state index is 0.250. The van der Waals surface area contributed by atoms with Crippen LogP contribution in [0.2, 0.25) is 0 Å². The molecule has 2 aliphatic heterocycles. The van der Waals surface area contributed by atoms with Crippen molar-refractivity contribution in [2.45, 2.75) is 48.8 Å². The fraction of sp³-hybridized carbons (Fsp3) is 0.400. The highest BCUT2D eigenvalue weighted by molar-refractivity contribution is 8.00. The number of carbonyl (C=O) groups excluding carboxylic acids is 3. The van der Waals surface area contributed by atoms with Crippen molar-refractivity contribution in [1.29, 1.82) is 0 Å². The maximum absolute atomic E-state index is 13.2. The minimum Gasteiger partial charge on any atom is -0.497 e. The third-order valence-corrected chi connectivity index (χ3v) is 7.49. The van der Waals surface area contributed by atoms with E-state index in [2.05, 4.69) is 12.2 Å². The van der Waals surface area contributed by atoms with Crippen LogP contribution in [0.15, 0.2) is 53.4 Å². The number of nitrogens with zero attached hydrogens (tertiary/aromatic N) is 2. The average Bonchev–Trinajstić information content (AvgIpc) is 2.93. The number of methoxy groups -OCH3 is 1. The first-order chi connectivity index (χ1) is 15.8. The van der Waals surface area contributed by atoms with Gasteiger partial charge in [0.05, 0.1) is 12.8 Å². The van der Waals surface area contributed by atoms with Crippen LogP contribution in [-0.2, 0) is 16.0 Å². The number of hydrogen-bond donors (Lipinski definition) is 1. The molecule has 1 fully saturated rings. The summed E-state index contributed by atoms with van der Waals surface area (Å²) in [6.45, 7) is 4.15. The Bertz CT molecular complexity index is 1060. The van der Waals surface area contributed by atoms with Crippen molar-refractivity contribution in [3.05, 3.63) is 54.1 Å². The number of anilines is 1. The van der Waals surface area contributed by atoms with E-state index in [1.165, 1.54) is 0 Å². The number of aryl methyl sites for hydroxylation is 1. The zero-order chi connectivity index (χ0) is 23.6. The lowest BCUT2D eigenvalue weighted by molar-refractivity contribution is -0.134. The number of fused-ring (bicyclic) bond motifs is 1. The SMILES string of the molecule is COc1ccc(CCC2(C)NC(=O)N(CC(=O)N3CCC(C)Sc4ccccc43)C2=O)cc1. The van der Waals surface area contributed by atoms with E-state index in [9.17, 15) is 14.4 Å². The maximum Gasteiger partial charge on any atom is 0.325 e. The lowest BCUT2D eigenvalue weighted by Crippen LogP contribution is -2.46. The zero-order valence-corrected chi connectivity index (χ0v) is 20.0. The average molecular weight is 468 g/mol. The van der Waals surface area contributed by atoms with E-state index in [4.69, 9.17) is 4.74 Å². The molecule has 2 aliphatic rings. The fourth-order valence-electron chi connectivity index (χ4n) is 4.21. The van der Waals surface area contributed by atoms with Crippen LogP contribution < -0.4 is 15.0 Å². The predicted octanol–water partition coefficient (Wildman–Crippen LogP) is 3.86. The van der Waals surface area contributed by atoms with Crippen LogP contribution in [0.4, 0.5) is 10.5 Å². The summed E-state index contributed by atoms with van der Waals surface area (Å²) in [5.41, 5.74) is 0.839.